The molecule has 0 spiro atoms. The summed E-state index contributed by atoms with van der Waals surface area (Å²) in [5.41, 5.74) is 9.36. The number of benzene rings is 2. The van der Waals surface area contributed by atoms with E-state index in [0.717, 1.165) is 32.9 Å². The van der Waals surface area contributed by atoms with Crippen molar-refractivity contribution in [3.05, 3.63) is 87.1 Å². The van der Waals surface area contributed by atoms with E-state index in [4.69, 9.17) is 0 Å². The van der Waals surface area contributed by atoms with Crippen LogP contribution in [0.25, 0.3) is 5.69 Å². The monoisotopic (exact) mass is 483 g/mol. The van der Waals surface area contributed by atoms with Crippen LogP contribution in [0.5, 0.6) is 0 Å². The highest BCUT2D eigenvalue weighted by Gasteiger charge is 2.17. The highest BCUT2D eigenvalue weighted by molar-refractivity contribution is 9.10. The number of nitrogens with one attached hydrogen (secondary N) is 1. The molecule has 1 amide bonds. The molecule has 30 heavy (non-hydrogen) atoms. The number of thioether (sulfide) groups is 1. The topological polar surface area (TPSA) is 46.4 Å². The lowest BCUT2D eigenvalue weighted by atomic mass is 10.2. The van der Waals surface area contributed by atoms with E-state index < -0.39 is 0 Å². The molecular weight excluding hydrogens is 458 g/mol. The molecular formula is C24H26BrN3OS. The van der Waals surface area contributed by atoms with Crippen LogP contribution in [-0.2, 0) is 10.5 Å². The zero-order chi connectivity index (χ0) is 21.7. The Morgan fingerprint density at radius 1 is 1.10 bits per heavy atom. The maximum absolute atomic E-state index is 12.4. The van der Waals surface area contributed by atoms with Crippen molar-refractivity contribution in [1.82, 2.24) is 9.99 Å². The summed E-state index contributed by atoms with van der Waals surface area (Å²) in [4.78, 5) is 12.4. The van der Waals surface area contributed by atoms with Crippen LogP contribution in [0, 0.1) is 20.8 Å². The molecule has 0 saturated heterocycles. The molecule has 4 nitrogen and oxygen atoms in total. The lowest BCUT2D eigenvalue weighted by molar-refractivity contribution is -0.120. The summed E-state index contributed by atoms with van der Waals surface area (Å²) in [6, 6.07) is 18.4. The summed E-state index contributed by atoms with van der Waals surface area (Å²) in [5, 5.41) is 4.04. The molecule has 0 bridgehead atoms. The maximum atomic E-state index is 12.4. The molecule has 1 N–H and O–H groups in total. The third-order valence-corrected chi connectivity index (χ3v) is 7.27. The van der Waals surface area contributed by atoms with Crippen LogP contribution in [0.1, 0.15) is 35.0 Å². The van der Waals surface area contributed by atoms with Gasteiger partial charge < -0.3 is 4.57 Å². The Bertz CT molecular complexity index is 1060. The van der Waals surface area contributed by atoms with E-state index in [1.165, 1.54) is 11.1 Å². The van der Waals surface area contributed by atoms with Gasteiger partial charge in [0.05, 0.1) is 11.5 Å². The highest BCUT2D eigenvalue weighted by Crippen LogP contribution is 2.30. The Balaban J connectivity index is 1.68. The van der Waals surface area contributed by atoms with Gasteiger partial charge in [0.1, 0.15) is 0 Å². The Morgan fingerprint density at radius 3 is 2.47 bits per heavy atom. The smallest absolute Gasteiger partial charge is 0.252 e. The zero-order valence-corrected chi connectivity index (χ0v) is 20.0. The average Bonchev–Trinajstić information content (AvgIpc) is 2.96. The largest absolute Gasteiger partial charge is 0.316 e. The van der Waals surface area contributed by atoms with Crippen LogP contribution in [0.4, 0.5) is 0 Å². The number of hydrazone groups is 1. The first-order valence-electron chi connectivity index (χ1n) is 9.82. The van der Waals surface area contributed by atoms with Gasteiger partial charge in [0.2, 0.25) is 0 Å². The number of aryl methyl sites for hydroxylation is 1. The summed E-state index contributed by atoms with van der Waals surface area (Å²) in [6.07, 6.45) is 1.72. The predicted molar refractivity (Wildman–Crippen MR) is 131 cm³/mol. The van der Waals surface area contributed by atoms with Gasteiger partial charge in [-0.15, -0.1) is 11.8 Å². The van der Waals surface area contributed by atoms with Gasteiger partial charge in [-0.25, -0.2) is 5.43 Å². The minimum atomic E-state index is -0.190. The maximum Gasteiger partial charge on any atom is 0.252 e. The summed E-state index contributed by atoms with van der Waals surface area (Å²) in [6.45, 7) is 8.14. The number of carbonyl (C=O) groups excluding carboxylic acids is 1. The molecule has 0 saturated carbocycles. The van der Waals surface area contributed by atoms with E-state index in [2.05, 4.69) is 76.1 Å². The number of para-hydroxylation sites is 1. The summed E-state index contributed by atoms with van der Waals surface area (Å²) < 4.78 is 3.19. The summed E-state index contributed by atoms with van der Waals surface area (Å²) >= 11 is 5.29. The van der Waals surface area contributed by atoms with Crippen LogP contribution in [0.2, 0.25) is 0 Å². The number of hydrogen-bond donors (Lipinski definition) is 1. The lowest BCUT2D eigenvalue weighted by Crippen LogP contribution is -2.27. The summed E-state index contributed by atoms with van der Waals surface area (Å²) in [7, 11) is 0. The number of amides is 1. The number of nitrogens with zero attached hydrogens (tertiary/aromatic N) is 2. The normalized spacial score (nSPS) is 12.3. The Kier molecular flexibility index (Phi) is 7.56. The van der Waals surface area contributed by atoms with Crippen molar-refractivity contribution in [3.63, 3.8) is 0 Å². The van der Waals surface area contributed by atoms with Crippen LogP contribution >= 0.6 is 27.7 Å². The van der Waals surface area contributed by atoms with Crippen LogP contribution in [-0.4, -0.2) is 21.9 Å². The second-order valence-corrected chi connectivity index (χ2v) is 9.32. The Morgan fingerprint density at radius 2 is 1.77 bits per heavy atom. The van der Waals surface area contributed by atoms with Crippen molar-refractivity contribution in [2.45, 2.75) is 38.7 Å². The molecule has 0 aliphatic rings. The fraction of sp³-hybridized carbons (Fsp3) is 0.250. The zero-order valence-electron chi connectivity index (χ0n) is 17.6. The van der Waals surface area contributed by atoms with E-state index >= 15 is 0 Å². The average molecular weight is 484 g/mol. The van der Waals surface area contributed by atoms with Gasteiger partial charge in [-0.1, -0.05) is 48.5 Å². The van der Waals surface area contributed by atoms with Crippen LogP contribution in [0.3, 0.4) is 0 Å². The second kappa shape index (κ2) is 10.1. The second-order valence-electron chi connectivity index (χ2n) is 7.19. The molecule has 0 aliphatic carbocycles. The van der Waals surface area contributed by atoms with Gasteiger partial charge in [0.15, 0.2) is 0 Å². The molecule has 0 fully saturated rings. The third kappa shape index (κ3) is 5.05. The van der Waals surface area contributed by atoms with Crippen molar-refractivity contribution < 1.29 is 4.79 Å². The molecule has 0 unspecified atom stereocenters. The molecule has 156 valence electrons. The minimum Gasteiger partial charge on any atom is -0.316 e. The predicted octanol–water partition coefficient (Wildman–Crippen LogP) is 5.94. The van der Waals surface area contributed by atoms with Crippen LogP contribution < -0.4 is 5.43 Å². The first-order valence-corrected chi connectivity index (χ1v) is 11.7. The highest BCUT2D eigenvalue weighted by atomic mass is 79.9. The number of hydrogen-bond acceptors (Lipinski definition) is 3. The fourth-order valence-electron chi connectivity index (χ4n) is 3.27. The molecule has 6 heteroatoms. The van der Waals surface area contributed by atoms with Crippen molar-refractivity contribution in [1.29, 1.82) is 0 Å². The summed E-state index contributed by atoms with van der Waals surface area (Å²) in [5.74, 6) is 0.693. The van der Waals surface area contributed by atoms with Crippen molar-refractivity contribution >= 4 is 39.8 Å². The van der Waals surface area contributed by atoms with Crippen LogP contribution in [0.15, 0.2) is 64.2 Å². The fourth-order valence-corrected chi connectivity index (χ4v) is 4.68. The van der Waals surface area contributed by atoms with Crippen molar-refractivity contribution in [3.8, 4) is 5.69 Å². The van der Waals surface area contributed by atoms with E-state index in [1.807, 2.05) is 37.3 Å². The van der Waals surface area contributed by atoms with Gasteiger partial charge in [0, 0.05) is 32.9 Å². The van der Waals surface area contributed by atoms with Crippen molar-refractivity contribution in [2.24, 2.45) is 5.10 Å². The molecule has 3 rings (SSSR count). The number of carbonyl (C=O) groups is 1. The number of halogens is 1. The Hall–Kier alpha value is -2.31. The van der Waals surface area contributed by atoms with Gasteiger partial charge >= 0.3 is 0 Å². The van der Waals surface area contributed by atoms with Crippen molar-refractivity contribution in [2.75, 3.05) is 0 Å². The van der Waals surface area contributed by atoms with E-state index in [0.29, 0.717) is 0 Å². The molecule has 1 atom stereocenters. The molecule has 0 radical (unpaired) electrons. The Labute approximate surface area is 190 Å². The van der Waals surface area contributed by atoms with Gasteiger partial charge in [-0.3, -0.25) is 4.79 Å². The molecule has 3 aromatic rings. The standard InChI is InChI=1S/C24H26BrN3OS/c1-16-10-8-9-13-22(16)28-17(2)21(23(25)18(28)3)14-26-27-24(29)19(4)30-15-20-11-6-5-7-12-20/h5-14,19H,15H2,1-4H3,(H,27,29)/b26-14-/t19-/m1/s1. The quantitative estimate of drug-likeness (QED) is 0.334. The minimum absolute atomic E-state index is 0.101. The van der Waals surface area contributed by atoms with E-state index in [-0.39, 0.29) is 11.2 Å². The van der Waals surface area contributed by atoms with Gasteiger partial charge in [0.25, 0.3) is 5.91 Å². The molecule has 0 aliphatic heterocycles. The first-order chi connectivity index (χ1) is 14.4. The lowest BCUT2D eigenvalue weighted by Gasteiger charge is -2.12. The SMILES string of the molecule is Cc1ccccc1-n1c(C)c(Br)c(/C=N\NC(=O)[C@@H](C)SCc2ccccc2)c1C. The van der Waals surface area contributed by atoms with Gasteiger partial charge in [-0.05, 0) is 60.8 Å². The molecule has 1 aromatic heterocycles. The van der Waals surface area contributed by atoms with Gasteiger partial charge in [-0.2, -0.15) is 5.10 Å². The van der Waals surface area contributed by atoms with E-state index in [9.17, 15) is 4.79 Å². The van der Waals surface area contributed by atoms with E-state index in [1.54, 1.807) is 18.0 Å². The molecule has 1 heterocycles. The number of aromatic nitrogens is 1. The first kappa shape index (κ1) is 22.4. The third-order valence-electron chi connectivity index (χ3n) is 5.05. The number of rotatable bonds is 7. The molecule has 2 aromatic carbocycles.